The van der Waals surface area contributed by atoms with Gasteiger partial charge in [0.2, 0.25) is 0 Å². The number of fused-ring (bicyclic) bond motifs is 1. The minimum Gasteiger partial charge on any atom is -0.365 e. The zero-order valence-corrected chi connectivity index (χ0v) is 8.34. The van der Waals surface area contributed by atoms with Crippen LogP contribution < -0.4 is 5.32 Å². The molecule has 0 atom stereocenters. The molecule has 0 bridgehead atoms. The molecule has 0 fully saturated rings. The maximum atomic E-state index is 11.5. The lowest BCUT2D eigenvalue weighted by Gasteiger charge is -2.26. The van der Waals surface area contributed by atoms with Gasteiger partial charge in [0.05, 0.1) is 0 Å². The van der Waals surface area contributed by atoms with E-state index in [-0.39, 0.29) is 6.03 Å². The van der Waals surface area contributed by atoms with Crippen LogP contribution in [-0.2, 0) is 13.0 Å². The number of H-pyrrole nitrogens is 1. The third kappa shape index (κ3) is 1.60. The van der Waals surface area contributed by atoms with E-state index < -0.39 is 0 Å². The average Bonchev–Trinajstić information content (AvgIpc) is 2.64. The summed E-state index contributed by atoms with van der Waals surface area (Å²) in [6.45, 7) is 4.16. The highest BCUT2D eigenvalue weighted by Gasteiger charge is 2.20. The Morgan fingerprint density at radius 3 is 3.36 bits per heavy atom. The molecule has 0 radical (unpaired) electrons. The molecule has 0 saturated heterocycles. The van der Waals surface area contributed by atoms with Crippen LogP contribution in [0, 0.1) is 0 Å². The number of amides is 2. The Balaban J connectivity index is 2.04. The van der Waals surface area contributed by atoms with E-state index in [2.05, 4.69) is 10.3 Å². The molecule has 0 spiro atoms. The number of nitrogens with zero attached hydrogens (tertiary/aromatic N) is 1. The van der Waals surface area contributed by atoms with Crippen molar-refractivity contribution < 1.29 is 4.79 Å². The highest BCUT2D eigenvalue weighted by atomic mass is 16.2. The van der Waals surface area contributed by atoms with Crippen LogP contribution >= 0.6 is 0 Å². The van der Waals surface area contributed by atoms with E-state index in [9.17, 15) is 4.79 Å². The van der Waals surface area contributed by atoms with E-state index >= 15 is 0 Å². The van der Waals surface area contributed by atoms with Crippen LogP contribution in [0.15, 0.2) is 12.3 Å². The second-order valence-electron chi connectivity index (χ2n) is 3.49. The number of aromatic amines is 1. The molecule has 2 N–H and O–H groups in total. The van der Waals surface area contributed by atoms with Crippen molar-refractivity contribution in [2.45, 2.75) is 19.9 Å². The number of carbonyl (C=O) groups is 1. The third-order valence-electron chi connectivity index (χ3n) is 2.54. The maximum absolute atomic E-state index is 11.5. The van der Waals surface area contributed by atoms with Crippen molar-refractivity contribution in [1.29, 1.82) is 0 Å². The molecule has 4 heteroatoms. The van der Waals surface area contributed by atoms with Crippen molar-refractivity contribution in [1.82, 2.24) is 15.2 Å². The average molecular weight is 193 g/mol. The van der Waals surface area contributed by atoms with Crippen LogP contribution in [0.1, 0.15) is 18.2 Å². The van der Waals surface area contributed by atoms with E-state index in [4.69, 9.17) is 0 Å². The van der Waals surface area contributed by atoms with E-state index in [0.29, 0.717) is 6.54 Å². The number of nitrogens with one attached hydrogen (secondary N) is 2. The van der Waals surface area contributed by atoms with Gasteiger partial charge in [-0.2, -0.15) is 0 Å². The SMILES string of the molecule is CCNC(=O)N1CCc2[nH]ccc2C1. The number of hydrogen-bond donors (Lipinski definition) is 2. The summed E-state index contributed by atoms with van der Waals surface area (Å²) < 4.78 is 0. The Bertz CT molecular complexity index is 332. The molecule has 0 saturated carbocycles. The van der Waals surface area contributed by atoms with Gasteiger partial charge in [-0.25, -0.2) is 4.79 Å². The van der Waals surface area contributed by atoms with Crippen LogP contribution in [0.3, 0.4) is 0 Å². The second-order valence-corrected chi connectivity index (χ2v) is 3.49. The van der Waals surface area contributed by atoms with Crippen LogP contribution in [0.2, 0.25) is 0 Å². The van der Waals surface area contributed by atoms with Gasteiger partial charge in [0.15, 0.2) is 0 Å². The fraction of sp³-hybridized carbons (Fsp3) is 0.500. The predicted molar refractivity (Wildman–Crippen MR) is 54.0 cm³/mol. The number of aromatic nitrogens is 1. The molecule has 0 unspecified atom stereocenters. The topological polar surface area (TPSA) is 48.1 Å². The Morgan fingerprint density at radius 2 is 2.57 bits per heavy atom. The minimum atomic E-state index is 0.0411. The molecule has 14 heavy (non-hydrogen) atoms. The number of rotatable bonds is 1. The summed E-state index contributed by atoms with van der Waals surface area (Å²) in [7, 11) is 0. The predicted octanol–water partition coefficient (Wildman–Crippen LogP) is 1.10. The lowest BCUT2D eigenvalue weighted by Crippen LogP contribution is -2.42. The smallest absolute Gasteiger partial charge is 0.317 e. The van der Waals surface area contributed by atoms with Crippen LogP contribution in [0.4, 0.5) is 4.79 Å². The van der Waals surface area contributed by atoms with Gasteiger partial charge < -0.3 is 15.2 Å². The standard InChI is InChI=1S/C10H15N3O/c1-2-11-10(14)13-6-4-9-8(7-13)3-5-12-9/h3,5,12H,2,4,6-7H2,1H3,(H,11,14). The summed E-state index contributed by atoms with van der Waals surface area (Å²) in [6, 6.07) is 2.08. The summed E-state index contributed by atoms with van der Waals surface area (Å²) in [6.07, 6.45) is 2.87. The molecule has 2 heterocycles. The first-order valence-corrected chi connectivity index (χ1v) is 4.99. The van der Waals surface area contributed by atoms with Crippen LogP contribution in [0.25, 0.3) is 0 Å². The van der Waals surface area contributed by atoms with Crippen molar-refractivity contribution in [3.63, 3.8) is 0 Å². The number of carbonyl (C=O) groups excluding carboxylic acids is 1. The lowest BCUT2D eigenvalue weighted by molar-refractivity contribution is 0.193. The molecule has 1 aromatic rings. The van der Waals surface area contributed by atoms with E-state index in [1.807, 2.05) is 24.1 Å². The molecule has 1 aromatic heterocycles. The van der Waals surface area contributed by atoms with Gasteiger partial charge in [0.25, 0.3) is 0 Å². The van der Waals surface area contributed by atoms with Crippen molar-refractivity contribution in [2.75, 3.05) is 13.1 Å². The van der Waals surface area contributed by atoms with Gasteiger partial charge >= 0.3 is 6.03 Å². The molecule has 0 aliphatic carbocycles. The van der Waals surface area contributed by atoms with E-state index in [1.54, 1.807) is 0 Å². The van der Waals surface area contributed by atoms with Crippen molar-refractivity contribution in [3.05, 3.63) is 23.5 Å². The number of urea groups is 1. The monoisotopic (exact) mass is 193 g/mol. The van der Waals surface area contributed by atoms with Gasteiger partial charge in [0.1, 0.15) is 0 Å². The fourth-order valence-electron chi connectivity index (χ4n) is 1.78. The van der Waals surface area contributed by atoms with E-state index in [1.165, 1.54) is 11.3 Å². The van der Waals surface area contributed by atoms with Crippen molar-refractivity contribution in [2.24, 2.45) is 0 Å². The number of hydrogen-bond acceptors (Lipinski definition) is 1. The molecular formula is C10H15N3O. The summed E-state index contributed by atoms with van der Waals surface area (Å²) in [5, 5.41) is 2.82. The summed E-state index contributed by atoms with van der Waals surface area (Å²) in [4.78, 5) is 16.6. The van der Waals surface area contributed by atoms with Gasteiger partial charge in [-0.15, -0.1) is 0 Å². The van der Waals surface area contributed by atoms with Crippen molar-refractivity contribution in [3.8, 4) is 0 Å². The van der Waals surface area contributed by atoms with Gasteiger partial charge in [-0.1, -0.05) is 0 Å². The molecule has 4 nitrogen and oxygen atoms in total. The summed E-state index contributed by atoms with van der Waals surface area (Å²) in [5.41, 5.74) is 2.51. The lowest BCUT2D eigenvalue weighted by atomic mass is 10.1. The summed E-state index contributed by atoms with van der Waals surface area (Å²) in [5.74, 6) is 0. The van der Waals surface area contributed by atoms with Gasteiger partial charge in [-0.05, 0) is 18.6 Å². The first-order chi connectivity index (χ1) is 6.81. The van der Waals surface area contributed by atoms with E-state index in [0.717, 1.165) is 19.5 Å². The largest absolute Gasteiger partial charge is 0.365 e. The molecule has 2 amide bonds. The second kappa shape index (κ2) is 3.74. The molecular weight excluding hydrogens is 178 g/mol. The zero-order chi connectivity index (χ0) is 9.97. The first-order valence-electron chi connectivity index (χ1n) is 4.99. The van der Waals surface area contributed by atoms with Gasteiger partial charge in [-0.3, -0.25) is 0 Å². The normalized spacial score (nSPS) is 15.1. The summed E-state index contributed by atoms with van der Waals surface area (Å²) >= 11 is 0. The Morgan fingerprint density at radius 1 is 1.71 bits per heavy atom. The molecule has 0 aromatic carbocycles. The highest BCUT2D eigenvalue weighted by molar-refractivity contribution is 5.74. The Kier molecular flexibility index (Phi) is 2.43. The maximum Gasteiger partial charge on any atom is 0.317 e. The Hall–Kier alpha value is -1.45. The van der Waals surface area contributed by atoms with Crippen LogP contribution in [0.5, 0.6) is 0 Å². The Labute approximate surface area is 83.3 Å². The molecule has 76 valence electrons. The quantitative estimate of drug-likeness (QED) is 0.689. The van der Waals surface area contributed by atoms with Crippen molar-refractivity contribution >= 4 is 6.03 Å². The molecule has 2 rings (SSSR count). The van der Waals surface area contributed by atoms with Gasteiger partial charge in [0, 0.05) is 37.9 Å². The fourth-order valence-corrected chi connectivity index (χ4v) is 1.78. The highest BCUT2D eigenvalue weighted by Crippen LogP contribution is 2.16. The van der Waals surface area contributed by atoms with Crippen LogP contribution in [-0.4, -0.2) is 29.0 Å². The minimum absolute atomic E-state index is 0.0411. The molecule has 1 aliphatic heterocycles. The third-order valence-corrected chi connectivity index (χ3v) is 2.54. The molecule has 1 aliphatic rings. The first kappa shape index (κ1) is 9.12. The zero-order valence-electron chi connectivity index (χ0n) is 8.34.